The number of likely N-dealkylation sites (N-methyl/N-ethyl adjacent to an activating group) is 1. The van der Waals surface area contributed by atoms with Crippen LogP contribution in [0.3, 0.4) is 0 Å². The molecule has 0 saturated carbocycles. The maximum absolute atomic E-state index is 7.47. The van der Waals surface area contributed by atoms with Crippen LogP contribution in [0.4, 0.5) is 0 Å². The standard InChI is InChI=1S/C8H12N2/c1-4-7-5-6(2)8(9)10(7)3/h5,9H,2,4H2,1,3H3. The summed E-state index contributed by atoms with van der Waals surface area (Å²) in [7, 11) is 1.90. The molecule has 2 heteroatoms. The molecule has 0 amide bonds. The largest absolute Gasteiger partial charge is 0.333 e. The fourth-order valence-electron chi connectivity index (χ4n) is 1.06. The van der Waals surface area contributed by atoms with Gasteiger partial charge in [-0.15, -0.1) is 0 Å². The maximum atomic E-state index is 7.47. The van der Waals surface area contributed by atoms with Crippen molar-refractivity contribution >= 4 is 5.84 Å². The Morgan fingerprint density at radius 1 is 1.70 bits per heavy atom. The normalized spacial score (nSPS) is 18.2. The lowest BCUT2D eigenvalue weighted by Gasteiger charge is -2.13. The van der Waals surface area contributed by atoms with Crippen molar-refractivity contribution in [1.29, 1.82) is 5.41 Å². The van der Waals surface area contributed by atoms with Crippen LogP contribution in [0.2, 0.25) is 0 Å². The van der Waals surface area contributed by atoms with Crippen molar-refractivity contribution in [2.24, 2.45) is 0 Å². The molecule has 54 valence electrons. The molecule has 10 heavy (non-hydrogen) atoms. The lowest BCUT2D eigenvalue weighted by atomic mass is 10.3. The van der Waals surface area contributed by atoms with Crippen molar-refractivity contribution in [2.45, 2.75) is 13.3 Å². The van der Waals surface area contributed by atoms with E-state index in [0.717, 1.165) is 12.0 Å². The summed E-state index contributed by atoms with van der Waals surface area (Å²) in [5.41, 5.74) is 1.99. The van der Waals surface area contributed by atoms with Gasteiger partial charge in [0.2, 0.25) is 0 Å². The van der Waals surface area contributed by atoms with Gasteiger partial charge < -0.3 is 4.90 Å². The Labute approximate surface area is 61.4 Å². The summed E-state index contributed by atoms with van der Waals surface area (Å²) < 4.78 is 0. The Morgan fingerprint density at radius 3 is 2.50 bits per heavy atom. The van der Waals surface area contributed by atoms with E-state index >= 15 is 0 Å². The highest BCUT2D eigenvalue weighted by Gasteiger charge is 2.17. The highest BCUT2D eigenvalue weighted by atomic mass is 15.2. The van der Waals surface area contributed by atoms with Gasteiger partial charge in [-0.05, 0) is 12.5 Å². The molecule has 0 saturated heterocycles. The molecule has 0 aliphatic carbocycles. The number of hydrogen-bond acceptors (Lipinski definition) is 1. The topological polar surface area (TPSA) is 27.1 Å². The summed E-state index contributed by atoms with van der Waals surface area (Å²) in [5, 5.41) is 7.47. The van der Waals surface area contributed by atoms with E-state index in [1.807, 2.05) is 18.0 Å². The number of nitrogens with zero attached hydrogens (tertiary/aromatic N) is 1. The zero-order chi connectivity index (χ0) is 7.72. The Morgan fingerprint density at radius 2 is 2.30 bits per heavy atom. The second kappa shape index (κ2) is 2.29. The Kier molecular flexibility index (Phi) is 1.62. The molecular formula is C8H12N2. The summed E-state index contributed by atoms with van der Waals surface area (Å²) in [6.45, 7) is 5.82. The minimum Gasteiger partial charge on any atom is -0.333 e. The number of rotatable bonds is 1. The Bertz CT molecular complexity index is 213. The van der Waals surface area contributed by atoms with Crippen molar-refractivity contribution in [3.63, 3.8) is 0 Å². The predicted octanol–water partition coefficient (Wildman–Crippen LogP) is 1.76. The zero-order valence-electron chi connectivity index (χ0n) is 6.44. The number of hydrogen-bond donors (Lipinski definition) is 1. The van der Waals surface area contributed by atoms with Crippen LogP contribution >= 0.6 is 0 Å². The number of amidine groups is 1. The van der Waals surface area contributed by atoms with E-state index in [1.165, 1.54) is 5.70 Å². The molecule has 0 unspecified atom stereocenters. The minimum atomic E-state index is 0.525. The maximum Gasteiger partial charge on any atom is 0.131 e. The van der Waals surface area contributed by atoms with Gasteiger partial charge in [0.05, 0.1) is 0 Å². The third kappa shape index (κ3) is 0.856. The smallest absolute Gasteiger partial charge is 0.131 e. The summed E-state index contributed by atoms with van der Waals surface area (Å²) in [5.74, 6) is 0.525. The van der Waals surface area contributed by atoms with Gasteiger partial charge in [-0.3, -0.25) is 5.41 Å². The van der Waals surface area contributed by atoms with Crippen LogP contribution in [-0.4, -0.2) is 17.8 Å². The van der Waals surface area contributed by atoms with E-state index in [4.69, 9.17) is 5.41 Å². The SMILES string of the molecule is C=C1C=C(CC)N(C)C1=N. The fraction of sp³-hybridized carbons (Fsp3) is 0.375. The van der Waals surface area contributed by atoms with Gasteiger partial charge in [-0.1, -0.05) is 13.5 Å². The van der Waals surface area contributed by atoms with E-state index in [1.54, 1.807) is 0 Å². The van der Waals surface area contributed by atoms with Gasteiger partial charge >= 0.3 is 0 Å². The molecule has 1 N–H and O–H groups in total. The first kappa shape index (κ1) is 7.06. The second-order valence-electron chi connectivity index (χ2n) is 2.42. The van der Waals surface area contributed by atoms with Gasteiger partial charge in [0, 0.05) is 18.3 Å². The van der Waals surface area contributed by atoms with Crippen molar-refractivity contribution < 1.29 is 0 Å². The van der Waals surface area contributed by atoms with Crippen LogP contribution in [-0.2, 0) is 0 Å². The van der Waals surface area contributed by atoms with E-state index in [9.17, 15) is 0 Å². The highest BCUT2D eigenvalue weighted by Crippen LogP contribution is 2.19. The number of nitrogens with one attached hydrogen (secondary N) is 1. The first-order valence-corrected chi connectivity index (χ1v) is 3.39. The van der Waals surface area contributed by atoms with Gasteiger partial charge in [-0.25, -0.2) is 0 Å². The molecule has 0 aromatic rings. The van der Waals surface area contributed by atoms with Crippen molar-refractivity contribution in [3.05, 3.63) is 23.9 Å². The molecule has 1 aliphatic heterocycles. The van der Waals surface area contributed by atoms with Gasteiger partial charge in [-0.2, -0.15) is 0 Å². The van der Waals surface area contributed by atoms with Crippen molar-refractivity contribution in [2.75, 3.05) is 7.05 Å². The van der Waals surface area contributed by atoms with Gasteiger partial charge in [0.25, 0.3) is 0 Å². The minimum absolute atomic E-state index is 0.525. The average molecular weight is 136 g/mol. The summed E-state index contributed by atoms with van der Waals surface area (Å²) in [6, 6.07) is 0. The van der Waals surface area contributed by atoms with Crippen LogP contribution < -0.4 is 0 Å². The molecule has 0 spiro atoms. The molecule has 1 heterocycles. The summed E-state index contributed by atoms with van der Waals surface area (Å²) in [4.78, 5) is 1.86. The monoisotopic (exact) mass is 136 g/mol. The van der Waals surface area contributed by atoms with E-state index in [2.05, 4.69) is 13.5 Å². The van der Waals surface area contributed by atoms with Crippen LogP contribution in [0, 0.1) is 5.41 Å². The molecule has 0 bridgehead atoms. The van der Waals surface area contributed by atoms with Crippen LogP contribution in [0.25, 0.3) is 0 Å². The zero-order valence-corrected chi connectivity index (χ0v) is 6.44. The average Bonchev–Trinajstić information content (AvgIpc) is 2.17. The molecule has 1 aliphatic rings. The molecule has 1 rings (SSSR count). The third-order valence-electron chi connectivity index (χ3n) is 1.77. The summed E-state index contributed by atoms with van der Waals surface area (Å²) in [6.07, 6.45) is 2.93. The lowest BCUT2D eigenvalue weighted by Crippen LogP contribution is -2.19. The van der Waals surface area contributed by atoms with Crippen LogP contribution in [0.5, 0.6) is 0 Å². The van der Waals surface area contributed by atoms with Gasteiger partial charge in [0.1, 0.15) is 5.84 Å². The quantitative estimate of drug-likeness (QED) is 0.584. The third-order valence-corrected chi connectivity index (χ3v) is 1.77. The van der Waals surface area contributed by atoms with Gasteiger partial charge in [0.15, 0.2) is 0 Å². The second-order valence-corrected chi connectivity index (χ2v) is 2.42. The van der Waals surface area contributed by atoms with E-state index in [-0.39, 0.29) is 0 Å². The van der Waals surface area contributed by atoms with Crippen molar-refractivity contribution in [1.82, 2.24) is 4.90 Å². The lowest BCUT2D eigenvalue weighted by molar-refractivity contribution is 0.612. The first-order chi connectivity index (χ1) is 4.66. The Balaban J connectivity index is 2.88. The number of allylic oxidation sites excluding steroid dienone is 1. The molecule has 0 radical (unpaired) electrons. The van der Waals surface area contributed by atoms with Crippen LogP contribution in [0.15, 0.2) is 23.9 Å². The highest BCUT2D eigenvalue weighted by molar-refractivity contribution is 6.01. The van der Waals surface area contributed by atoms with E-state index < -0.39 is 0 Å². The molecule has 2 nitrogen and oxygen atoms in total. The van der Waals surface area contributed by atoms with E-state index in [0.29, 0.717) is 5.84 Å². The molecule has 0 fully saturated rings. The molecule has 0 aromatic heterocycles. The van der Waals surface area contributed by atoms with Crippen molar-refractivity contribution in [3.8, 4) is 0 Å². The molecule has 0 atom stereocenters. The van der Waals surface area contributed by atoms with Crippen LogP contribution in [0.1, 0.15) is 13.3 Å². The summed E-state index contributed by atoms with van der Waals surface area (Å²) >= 11 is 0. The Hall–Kier alpha value is -1.05. The first-order valence-electron chi connectivity index (χ1n) is 3.39. The fourth-order valence-corrected chi connectivity index (χ4v) is 1.06. The predicted molar refractivity (Wildman–Crippen MR) is 43.0 cm³/mol. The molecular weight excluding hydrogens is 124 g/mol. The molecule has 0 aromatic carbocycles.